The van der Waals surface area contributed by atoms with Crippen molar-refractivity contribution in [1.29, 1.82) is 0 Å². The molecule has 7 heteroatoms. The Labute approximate surface area is 114 Å². The van der Waals surface area contributed by atoms with Crippen LogP contribution in [0.15, 0.2) is 24.3 Å². The molecule has 0 heterocycles. The molecule has 0 fully saturated rings. The molecule has 1 aromatic rings. The summed E-state index contributed by atoms with van der Waals surface area (Å²) in [5.74, 6) is 0.103. The van der Waals surface area contributed by atoms with Gasteiger partial charge in [-0.2, -0.15) is 13.2 Å². The molecule has 0 aromatic heterocycles. The van der Waals surface area contributed by atoms with Crippen molar-refractivity contribution in [1.82, 2.24) is 5.32 Å². The summed E-state index contributed by atoms with van der Waals surface area (Å²) in [7, 11) is 1.52. The monoisotopic (exact) mass is 291 g/mol. The maximum atomic E-state index is 12.0. The minimum atomic E-state index is -4.72. The Kier molecular flexibility index (Phi) is 5.82. The molecule has 1 atom stereocenters. The first-order chi connectivity index (χ1) is 9.32. The zero-order valence-corrected chi connectivity index (χ0v) is 10.9. The van der Waals surface area contributed by atoms with Crippen molar-refractivity contribution >= 4 is 5.91 Å². The highest BCUT2D eigenvalue weighted by molar-refractivity contribution is 5.76. The van der Waals surface area contributed by atoms with Crippen molar-refractivity contribution in [3.63, 3.8) is 0 Å². The van der Waals surface area contributed by atoms with Crippen LogP contribution in [0.3, 0.4) is 0 Å². The largest absolute Gasteiger partial charge is 0.497 e. The summed E-state index contributed by atoms with van der Waals surface area (Å²) in [5, 5.41) is 10.8. The lowest BCUT2D eigenvalue weighted by Gasteiger charge is -2.15. The van der Waals surface area contributed by atoms with Crippen LogP contribution in [0.25, 0.3) is 0 Å². The fourth-order valence-electron chi connectivity index (χ4n) is 1.50. The van der Waals surface area contributed by atoms with Crippen molar-refractivity contribution in [2.24, 2.45) is 0 Å². The SMILES string of the molecule is COc1cccc(CCC(=O)NCC(O)C(F)(F)F)c1. The highest BCUT2D eigenvalue weighted by atomic mass is 19.4. The molecule has 1 amide bonds. The van der Waals surface area contributed by atoms with Gasteiger partial charge in [0, 0.05) is 6.42 Å². The normalized spacial score (nSPS) is 12.8. The smallest absolute Gasteiger partial charge is 0.416 e. The van der Waals surface area contributed by atoms with Crippen LogP contribution in [-0.4, -0.2) is 36.9 Å². The van der Waals surface area contributed by atoms with E-state index in [0.717, 1.165) is 5.56 Å². The number of hydrogen-bond acceptors (Lipinski definition) is 3. The molecule has 112 valence electrons. The summed E-state index contributed by atoms with van der Waals surface area (Å²) in [6, 6.07) is 7.06. The van der Waals surface area contributed by atoms with Gasteiger partial charge in [0.15, 0.2) is 6.10 Å². The number of alkyl halides is 3. The van der Waals surface area contributed by atoms with Crippen LogP contribution in [-0.2, 0) is 11.2 Å². The number of carbonyl (C=O) groups excluding carboxylic acids is 1. The maximum absolute atomic E-state index is 12.0. The summed E-state index contributed by atoms with van der Waals surface area (Å²) in [6.45, 7) is -0.833. The molecule has 0 spiro atoms. The Morgan fingerprint density at radius 1 is 1.45 bits per heavy atom. The number of amides is 1. The van der Waals surface area contributed by atoms with E-state index in [4.69, 9.17) is 9.84 Å². The third kappa shape index (κ3) is 5.48. The fourth-order valence-corrected chi connectivity index (χ4v) is 1.50. The second kappa shape index (κ2) is 7.14. The molecule has 0 bridgehead atoms. The van der Waals surface area contributed by atoms with E-state index in [2.05, 4.69) is 0 Å². The van der Waals surface area contributed by atoms with Crippen molar-refractivity contribution in [3.8, 4) is 5.75 Å². The number of ether oxygens (including phenoxy) is 1. The number of hydrogen-bond donors (Lipinski definition) is 2. The van der Waals surface area contributed by atoms with Gasteiger partial charge in [-0.1, -0.05) is 12.1 Å². The fraction of sp³-hybridized carbons (Fsp3) is 0.462. The van der Waals surface area contributed by atoms with Gasteiger partial charge in [-0.15, -0.1) is 0 Å². The molecule has 1 rings (SSSR count). The van der Waals surface area contributed by atoms with Crippen LogP contribution in [0.4, 0.5) is 13.2 Å². The molecular formula is C13H16F3NO3. The van der Waals surface area contributed by atoms with E-state index in [1.807, 2.05) is 5.32 Å². The van der Waals surface area contributed by atoms with E-state index in [1.54, 1.807) is 24.3 Å². The molecule has 1 aromatic carbocycles. The number of carbonyl (C=O) groups is 1. The Hall–Kier alpha value is -1.76. The highest BCUT2D eigenvalue weighted by Crippen LogP contribution is 2.19. The Bertz CT molecular complexity index is 449. The molecule has 0 aliphatic carbocycles. The van der Waals surface area contributed by atoms with E-state index >= 15 is 0 Å². The van der Waals surface area contributed by atoms with Crippen molar-refractivity contribution in [2.45, 2.75) is 25.1 Å². The van der Waals surface area contributed by atoms with Gasteiger partial charge in [0.1, 0.15) is 5.75 Å². The van der Waals surface area contributed by atoms with Crippen LogP contribution < -0.4 is 10.1 Å². The summed E-state index contributed by atoms with van der Waals surface area (Å²) in [5.41, 5.74) is 0.843. The Morgan fingerprint density at radius 3 is 2.75 bits per heavy atom. The second-order valence-electron chi connectivity index (χ2n) is 4.21. The zero-order chi connectivity index (χ0) is 15.2. The molecule has 0 aliphatic rings. The van der Waals surface area contributed by atoms with Crippen molar-refractivity contribution < 1.29 is 27.8 Å². The molecular weight excluding hydrogens is 275 g/mol. The van der Waals surface area contributed by atoms with Gasteiger partial charge in [-0.3, -0.25) is 4.79 Å². The maximum Gasteiger partial charge on any atom is 0.416 e. The molecule has 0 saturated heterocycles. The minimum absolute atomic E-state index is 0.0394. The Balaban J connectivity index is 2.36. The molecule has 2 N–H and O–H groups in total. The van der Waals surface area contributed by atoms with E-state index in [0.29, 0.717) is 12.2 Å². The van der Waals surface area contributed by atoms with Crippen LogP contribution in [0.5, 0.6) is 5.75 Å². The second-order valence-corrected chi connectivity index (χ2v) is 4.21. The third-order valence-electron chi connectivity index (χ3n) is 2.65. The molecule has 0 aliphatic heterocycles. The number of halogens is 3. The van der Waals surface area contributed by atoms with Gasteiger partial charge in [-0.25, -0.2) is 0 Å². The first-order valence-electron chi connectivity index (χ1n) is 5.97. The van der Waals surface area contributed by atoms with Crippen molar-refractivity contribution in [2.75, 3.05) is 13.7 Å². The van der Waals surface area contributed by atoms with Crippen LogP contribution in [0.2, 0.25) is 0 Å². The standard InChI is InChI=1S/C13H16F3NO3/c1-20-10-4-2-3-9(7-10)5-6-12(19)17-8-11(18)13(14,15)16/h2-4,7,11,18H,5-6,8H2,1H3,(H,17,19). The number of methoxy groups -OCH3 is 1. The predicted molar refractivity (Wildman–Crippen MR) is 66.4 cm³/mol. The number of aryl methyl sites for hydroxylation is 1. The molecule has 20 heavy (non-hydrogen) atoms. The van der Waals surface area contributed by atoms with E-state index < -0.39 is 24.7 Å². The number of aliphatic hydroxyl groups is 1. The Morgan fingerprint density at radius 2 is 2.15 bits per heavy atom. The van der Waals surface area contributed by atoms with Gasteiger partial charge in [0.05, 0.1) is 13.7 Å². The van der Waals surface area contributed by atoms with E-state index in [9.17, 15) is 18.0 Å². The number of aliphatic hydroxyl groups excluding tert-OH is 1. The van der Waals surface area contributed by atoms with Crippen LogP contribution in [0.1, 0.15) is 12.0 Å². The summed E-state index contributed by atoms with van der Waals surface area (Å²) >= 11 is 0. The average molecular weight is 291 g/mol. The highest BCUT2D eigenvalue weighted by Gasteiger charge is 2.38. The molecule has 0 radical (unpaired) electrons. The molecule has 4 nitrogen and oxygen atoms in total. The third-order valence-corrected chi connectivity index (χ3v) is 2.65. The number of nitrogens with one attached hydrogen (secondary N) is 1. The lowest BCUT2D eigenvalue weighted by atomic mass is 10.1. The lowest BCUT2D eigenvalue weighted by Crippen LogP contribution is -2.40. The van der Waals surface area contributed by atoms with Gasteiger partial charge in [-0.05, 0) is 24.1 Å². The van der Waals surface area contributed by atoms with Crippen LogP contribution >= 0.6 is 0 Å². The van der Waals surface area contributed by atoms with Crippen molar-refractivity contribution in [3.05, 3.63) is 29.8 Å². The van der Waals surface area contributed by atoms with Gasteiger partial charge in [0.2, 0.25) is 5.91 Å². The lowest BCUT2D eigenvalue weighted by molar-refractivity contribution is -0.201. The topological polar surface area (TPSA) is 58.6 Å². The minimum Gasteiger partial charge on any atom is -0.497 e. The van der Waals surface area contributed by atoms with E-state index in [1.165, 1.54) is 7.11 Å². The average Bonchev–Trinajstić information content (AvgIpc) is 2.41. The van der Waals surface area contributed by atoms with E-state index in [-0.39, 0.29) is 6.42 Å². The van der Waals surface area contributed by atoms with Gasteiger partial charge >= 0.3 is 6.18 Å². The number of rotatable bonds is 6. The summed E-state index contributed by atoms with van der Waals surface area (Å²) < 4.78 is 41.1. The van der Waals surface area contributed by atoms with Gasteiger partial charge < -0.3 is 15.2 Å². The van der Waals surface area contributed by atoms with Crippen LogP contribution in [0, 0.1) is 0 Å². The quantitative estimate of drug-likeness (QED) is 0.838. The molecule has 1 unspecified atom stereocenters. The summed E-state index contributed by atoms with van der Waals surface area (Å²) in [6.07, 6.45) is -6.84. The number of benzene rings is 1. The first-order valence-corrected chi connectivity index (χ1v) is 5.97. The summed E-state index contributed by atoms with van der Waals surface area (Å²) in [4.78, 5) is 11.4. The first kappa shape index (κ1) is 16.3. The molecule has 0 saturated carbocycles. The predicted octanol–water partition coefficient (Wildman–Crippen LogP) is 1.67. The zero-order valence-electron chi connectivity index (χ0n) is 10.9. The van der Waals surface area contributed by atoms with Gasteiger partial charge in [0.25, 0.3) is 0 Å².